The van der Waals surface area contributed by atoms with E-state index in [1.807, 2.05) is 13.8 Å². The SMILES string of the molecule is COc1cc(/C=C/C(=O)Nc2ccc(F)c(S(=O)(=O)N3CCOCC3)c2)ccc1OCC(C)C. The summed E-state index contributed by atoms with van der Waals surface area (Å²) in [5.41, 5.74) is 0.872. The van der Waals surface area contributed by atoms with E-state index < -0.39 is 26.6 Å². The molecule has 0 radical (unpaired) electrons. The zero-order valence-electron chi connectivity index (χ0n) is 19.4. The van der Waals surface area contributed by atoms with Crippen molar-refractivity contribution in [3.63, 3.8) is 0 Å². The number of carbonyl (C=O) groups excluding carboxylic acids is 1. The highest BCUT2D eigenvalue weighted by atomic mass is 32.2. The fourth-order valence-corrected chi connectivity index (χ4v) is 4.72. The van der Waals surface area contributed by atoms with Crippen molar-refractivity contribution in [2.45, 2.75) is 18.7 Å². The standard InChI is InChI=1S/C24H29FN2O6S/c1-17(2)16-33-21-8-4-18(14-22(21)31-3)5-9-24(28)26-19-6-7-20(25)23(15-19)34(29,30)27-10-12-32-13-11-27/h4-9,14-15,17H,10-13,16H2,1-3H3,(H,26,28)/b9-5+. The average Bonchev–Trinajstić information content (AvgIpc) is 2.83. The predicted octanol–water partition coefficient (Wildman–Crippen LogP) is 3.54. The smallest absolute Gasteiger partial charge is 0.248 e. The maximum absolute atomic E-state index is 14.3. The predicted molar refractivity (Wildman–Crippen MR) is 127 cm³/mol. The molecule has 2 aromatic rings. The van der Waals surface area contributed by atoms with Crippen LogP contribution in [0.3, 0.4) is 0 Å². The van der Waals surface area contributed by atoms with Gasteiger partial charge in [-0.3, -0.25) is 4.79 Å². The lowest BCUT2D eigenvalue weighted by Crippen LogP contribution is -2.40. The Balaban J connectivity index is 1.71. The van der Waals surface area contributed by atoms with E-state index in [9.17, 15) is 17.6 Å². The molecule has 1 saturated heterocycles. The van der Waals surface area contributed by atoms with Gasteiger partial charge in [-0.15, -0.1) is 0 Å². The Bertz CT molecular complexity index is 1140. The van der Waals surface area contributed by atoms with Crippen molar-refractivity contribution in [3.8, 4) is 11.5 Å². The zero-order chi connectivity index (χ0) is 24.7. The number of methoxy groups -OCH3 is 1. The molecule has 0 unspecified atom stereocenters. The number of rotatable bonds is 9. The van der Waals surface area contributed by atoms with Crippen LogP contribution in [-0.2, 0) is 19.6 Å². The Morgan fingerprint density at radius 2 is 1.91 bits per heavy atom. The fraction of sp³-hybridized carbons (Fsp3) is 0.375. The molecule has 2 aromatic carbocycles. The summed E-state index contributed by atoms with van der Waals surface area (Å²) < 4.78 is 57.4. The largest absolute Gasteiger partial charge is 0.493 e. The monoisotopic (exact) mass is 492 g/mol. The van der Waals surface area contributed by atoms with E-state index in [0.29, 0.717) is 29.6 Å². The number of halogens is 1. The van der Waals surface area contributed by atoms with Gasteiger partial charge < -0.3 is 19.5 Å². The molecule has 0 aliphatic carbocycles. The Morgan fingerprint density at radius 3 is 2.59 bits per heavy atom. The summed E-state index contributed by atoms with van der Waals surface area (Å²) >= 11 is 0. The number of nitrogens with one attached hydrogen (secondary N) is 1. The number of hydrogen-bond donors (Lipinski definition) is 1. The summed E-state index contributed by atoms with van der Waals surface area (Å²) in [5.74, 6) is 0.133. The molecule has 3 rings (SSSR count). The molecule has 0 spiro atoms. The molecule has 1 aliphatic heterocycles. The summed E-state index contributed by atoms with van der Waals surface area (Å²) in [4.78, 5) is 11.9. The van der Waals surface area contributed by atoms with Gasteiger partial charge in [0.1, 0.15) is 10.7 Å². The van der Waals surface area contributed by atoms with Crippen LogP contribution < -0.4 is 14.8 Å². The van der Waals surface area contributed by atoms with Gasteiger partial charge in [-0.2, -0.15) is 4.31 Å². The molecule has 1 N–H and O–H groups in total. The van der Waals surface area contributed by atoms with Gasteiger partial charge in [-0.05, 0) is 47.9 Å². The summed E-state index contributed by atoms with van der Waals surface area (Å²) in [5, 5.41) is 2.57. The molecule has 1 heterocycles. The van der Waals surface area contributed by atoms with Gasteiger partial charge >= 0.3 is 0 Å². The second-order valence-electron chi connectivity index (χ2n) is 8.10. The van der Waals surface area contributed by atoms with E-state index in [-0.39, 0.29) is 32.0 Å². The van der Waals surface area contributed by atoms with Gasteiger partial charge in [0.2, 0.25) is 15.9 Å². The quantitative estimate of drug-likeness (QED) is 0.538. The molecule has 34 heavy (non-hydrogen) atoms. The maximum atomic E-state index is 14.3. The number of hydrogen-bond acceptors (Lipinski definition) is 6. The second kappa shape index (κ2) is 11.5. The summed E-state index contributed by atoms with van der Waals surface area (Å²) in [7, 11) is -2.51. The number of amides is 1. The third kappa shape index (κ3) is 6.55. The maximum Gasteiger partial charge on any atom is 0.248 e. The molecule has 1 aliphatic rings. The number of ether oxygens (including phenoxy) is 3. The minimum Gasteiger partial charge on any atom is -0.493 e. The number of morpholine rings is 1. The van der Waals surface area contributed by atoms with Gasteiger partial charge in [-0.1, -0.05) is 19.9 Å². The first-order valence-electron chi connectivity index (χ1n) is 10.9. The van der Waals surface area contributed by atoms with Crippen LogP contribution in [0.15, 0.2) is 47.4 Å². The first kappa shape index (κ1) is 25.7. The third-order valence-electron chi connectivity index (χ3n) is 4.97. The van der Waals surface area contributed by atoms with Crippen LogP contribution in [0.4, 0.5) is 10.1 Å². The van der Waals surface area contributed by atoms with E-state index in [4.69, 9.17) is 14.2 Å². The molecule has 0 bridgehead atoms. The summed E-state index contributed by atoms with van der Waals surface area (Å²) in [6.07, 6.45) is 2.88. The molecule has 0 aromatic heterocycles. The van der Waals surface area contributed by atoms with Crippen molar-refractivity contribution in [3.05, 3.63) is 53.9 Å². The number of nitrogens with zero attached hydrogens (tertiary/aromatic N) is 1. The van der Waals surface area contributed by atoms with Crippen LogP contribution in [0.5, 0.6) is 11.5 Å². The molecule has 0 atom stereocenters. The van der Waals surface area contributed by atoms with Gasteiger partial charge in [-0.25, -0.2) is 12.8 Å². The minimum atomic E-state index is -4.05. The van der Waals surface area contributed by atoms with E-state index in [1.54, 1.807) is 24.3 Å². The van der Waals surface area contributed by atoms with Crippen molar-refractivity contribution in [2.24, 2.45) is 5.92 Å². The number of carbonyl (C=O) groups is 1. The van der Waals surface area contributed by atoms with Gasteiger partial charge in [0, 0.05) is 24.9 Å². The van der Waals surface area contributed by atoms with E-state index >= 15 is 0 Å². The van der Waals surface area contributed by atoms with Gasteiger partial charge in [0.25, 0.3) is 0 Å². The highest BCUT2D eigenvalue weighted by Gasteiger charge is 2.29. The molecule has 10 heteroatoms. The third-order valence-corrected chi connectivity index (χ3v) is 6.89. The number of sulfonamides is 1. The first-order chi connectivity index (χ1) is 16.2. The Morgan fingerprint density at radius 1 is 1.18 bits per heavy atom. The van der Waals surface area contributed by atoms with Crippen molar-refractivity contribution in [1.82, 2.24) is 4.31 Å². The molecular formula is C24H29FN2O6S. The zero-order valence-corrected chi connectivity index (χ0v) is 20.2. The van der Waals surface area contributed by atoms with Crippen LogP contribution >= 0.6 is 0 Å². The van der Waals surface area contributed by atoms with Crippen LogP contribution in [0.25, 0.3) is 6.08 Å². The van der Waals surface area contributed by atoms with Crippen LogP contribution in [0.2, 0.25) is 0 Å². The fourth-order valence-electron chi connectivity index (χ4n) is 3.22. The van der Waals surface area contributed by atoms with Gasteiger partial charge in [0.05, 0.1) is 26.9 Å². The average molecular weight is 493 g/mol. The van der Waals surface area contributed by atoms with E-state index in [1.165, 1.54) is 23.6 Å². The Labute approximate surface area is 199 Å². The lowest BCUT2D eigenvalue weighted by atomic mass is 10.2. The normalized spacial score (nSPS) is 15.0. The second-order valence-corrected chi connectivity index (χ2v) is 10.0. The lowest BCUT2D eigenvalue weighted by Gasteiger charge is -2.26. The molecule has 1 fully saturated rings. The highest BCUT2D eigenvalue weighted by Crippen LogP contribution is 2.29. The number of anilines is 1. The molecule has 8 nitrogen and oxygen atoms in total. The number of benzene rings is 2. The van der Waals surface area contributed by atoms with Crippen molar-refractivity contribution >= 4 is 27.7 Å². The van der Waals surface area contributed by atoms with Crippen LogP contribution in [0, 0.1) is 11.7 Å². The van der Waals surface area contributed by atoms with Crippen molar-refractivity contribution in [2.75, 3.05) is 45.3 Å². The lowest BCUT2D eigenvalue weighted by molar-refractivity contribution is -0.111. The first-order valence-corrected chi connectivity index (χ1v) is 12.3. The van der Waals surface area contributed by atoms with Crippen LogP contribution in [0.1, 0.15) is 19.4 Å². The molecule has 0 saturated carbocycles. The topological polar surface area (TPSA) is 94.2 Å². The van der Waals surface area contributed by atoms with Crippen LogP contribution in [-0.4, -0.2) is 58.7 Å². The molecule has 184 valence electrons. The van der Waals surface area contributed by atoms with Gasteiger partial charge in [0.15, 0.2) is 11.5 Å². The summed E-state index contributed by atoms with van der Waals surface area (Å²) in [6.45, 7) is 5.43. The minimum absolute atomic E-state index is 0.145. The molecule has 1 amide bonds. The van der Waals surface area contributed by atoms with Crippen molar-refractivity contribution < 1.29 is 31.8 Å². The molecular weight excluding hydrogens is 463 g/mol. The summed E-state index contributed by atoms with van der Waals surface area (Å²) in [6, 6.07) is 8.74. The van der Waals surface area contributed by atoms with E-state index in [2.05, 4.69) is 5.32 Å². The Hall–Kier alpha value is -2.95. The van der Waals surface area contributed by atoms with Crippen molar-refractivity contribution in [1.29, 1.82) is 0 Å². The van der Waals surface area contributed by atoms with E-state index in [0.717, 1.165) is 12.1 Å². The Kier molecular flexibility index (Phi) is 8.65. The highest BCUT2D eigenvalue weighted by molar-refractivity contribution is 7.89.